The largest absolute Gasteiger partial charge is 0.493 e. The molecule has 1 heterocycles. The van der Waals surface area contributed by atoms with Crippen LogP contribution in [-0.2, 0) is 0 Å². The summed E-state index contributed by atoms with van der Waals surface area (Å²) < 4.78 is 49.1. The maximum Gasteiger partial charge on any atom is 0.389 e. The average molecular weight is 346 g/mol. The minimum atomic E-state index is -4.15. The fourth-order valence-electron chi connectivity index (χ4n) is 3.02. The van der Waals surface area contributed by atoms with Crippen LogP contribution in [0.2, 0.25) is 0 Å². The van der Waals surface area contributed by atoms with Gasteiger partial charge in [-0.05, 0) is 31.0 Å². The van der Waals surface area contributed by atoms with Crippen LogP contribution in [0.4, 0.5) is 13.2 Å². The second-order valence-corrected chi connectivity index (χ2v) is 5.80. The van der Waals surface area contributed by atoms with Crippen LogP contribution >= 0.6 is 0 Å². The van der Waals surface area contributed by atoms with Crippen LogP contribution in [0, 0.1) is 0 Å². The topological polar surface area (TPSA) is 33.7 Å². The Labute approximate surface area is 140 Å². The van der Waals surface area contributed by atoms with E-state index in [1.54, 1.807) is 13.2 Å². The number of nitrogens with one attached hydrogen (secondary N) is 1. The number of hydrogen-bond donors (Lipinski definition) is 1. The fraction of sp³-hybridized carbons (Fsp3) is 0.647. The summed E-state index contributed by atoms with van der Waals surface area (Å²) in [4.78, 5) is 2.11. The molecule has 1 N–H and O–H groups in total. The molecule has 0 amide bonds. The Bertz CT molecular complexity index is 517. The molecule has 1 aliphatic heterocycles. The van der Waals surface area contributed by atoms with E-state index in [-0.39, 0.29) is 12.5 Å². The highest BCUT2D eigenvalue weighted by molar-refractivity contribution is 5.44. The molecule has 1 aliphatic rings. The number of ether oxygens (including phenoxy) is 2. The van der Waals surface area contributed by atoms with Gasteiger partial charge in [0.25, 0.3) is 0 Å². The summed E-state index contributed by atoms with van der Waals surface area (Å²) >= 11 is 0. The summed E-state index contributed by atoms with van der Waals surface area (Å²) in [6.07, 6.45) is -4.90. The Morgan fingerprint density at radius 3 is 2.50 bits per heavy atom. The first-order chi connectivity index (χ1) is 11.4. The van der Waals surface area contributed by atoms with Gasteiger partial charge in [0.1, 0.15) is 0 Å². The van der Waals surface area contributed by atoms with Crippen molar-refractivity contribution in [3.05, 3.63) is 23.8 Å². The monoisotopic (exact) mass is 346 g/mol. The highest BCUT2D eigenvalue weighted by Gasteiger charge is 2.31. The molecule has 0 unspecified atom stereocenters. The molecule has 1 aromatic carbocycles. The molecule has 7 heteroatoms. The van der Waals surface area contributed by atoms with Crippen LogP contribution < -0.4 is 14.8 Å². The highest BCUT2D eigenvalue weighted by Crippen LogP contribution is 2.36. The lowest BCUT2D eigenvalue weighted by Gasteiger charge is -2.35. The van der Waals surface area contributed by atoms with Gasteiger partial charge in [0.15, 0.2) is 11.5 Å². The van der Waals surface area contributed by atoms with Crippen molar-refractivity contribution in [3.63, 3.8) is 0 Å². The molecule has 0 spiro atoms. The fourth-order valence-corrected chi connectivity index (χ4v) is 3.02. The highest BCUT2D eigenvalue weighted by atomic mass is 19.4. The lowest BCUT2D eigenvalue weighted by atomic mass is 9.98. The van der Waals surface area contributed by atoms with Gasteiger partial charge < -0.3 is 14.8 Å². The van der Waals surface area contributed by atoms with Crippen molar-refractivity contribution in [2.24, 2.45) is 0 Å². The van der Waals surface area contributed by atoms with E-state index in [1.165, 1.54) is 0 Å². The number of alkyl halides is 3. The van der Waals surface area contributed by atoms with E-state index in [9.17, 15) is 13.2 Å². The van der Waals surface area contributed by atoms with Gasteiger partial charge in [-0.25, -0.2) is 0 Å². The summed E-state index contributed by atoms with van der Waals surface area (Å²) in [6, 6.07) is 5.14. The third-order valence-electron chi connectivity index (χ3n) is 4.17. The second-order valence-electron chi connectivity index (χ2n) is 5.80. The number of rotatable bonds is 7. The van der Waals surface area contributed by atoms with E-state index in [2.05, 4.69) is 10.2 Å². The van der Waals surface area contributed by atoms with Gasteiger partial charge in [-0.3, -0.25) is 4.90 Å². The van der Waals surface area contributed by atoms with Gasteiger partial charge in [-0.1, -0.05) is 6.07 Å². The van der Waals surface area contributed by atoms with Gasteiger partial charge in [0, 0.05) is 38.6 Å². The Morgan fingerprint density at radius 2 is 1.92 bits per heavy atom. The average Bonchev–Trinajstić information content (AvgIpc) is 2.55. The minimum Gasteiger partial charge on any atom is -0.493 e. The van der Waals surface area contributed by atoms with Crippen molar-refractivity contribution in [2.75, 3.05) is 39.9 Å². The van der Waals surface area contributed by atoms with Crippen LogP contribution in [0.25, 0.3) is 0 Å². The van der Waals surface area contributed by atoms with E-state index < -0.39 is 12.6 Å². The van der Waals surface area contributed by atoms with Gasteiger partial charge in [0.05, 0.1) is 13.7 Å². The third-order valence-corrected chi connectivity index (χ3v) is 4.17. The number of hydrogen-bond acceptors (Lipinski definition) is 4. The number of piperazine rings is 1. The van der Waals surface area contributed by atoms with Crippen LogP contribution in [0.5, 0.6) is 11.5 Å². The first kappa shape index (κ1) is 18.9. The summed E-state index contributed by atoms with van der Waals surface area (Å²) in [6.45, 7) is 5.38. The first-order valence-electron chi connectivity index (χ1n) is 8.27. The van der Waals surface area contributed by atoms with Gasteiger partial charge in [-0.15, -0.1) is 0 Å². The number of nitrogens with zero attached hydrogens (tertiary/aromatic N) is 1. The zero-order valence-electron chi connectivity index (χ0n) is 14.2. The summed E-state index contributed by atoms with van der Waals surface area (Å²) in [7, 11) is 1.55. The van der Waals surface area contributed by atoms with Gasteiger partial charge in [-0.2, -0.15) is 13.2 Å². The molecule has 1 aromatic rings. The molecule has 4 nitrogen and oxygen atoms in total. The maximum atomic E-state index is 12.7. The van der Waals surface area contributed by atoms with E-state index >= 15 is 0 Å². The van der Waals surface area contributed by atoms with Crippen molar-refractivity contribution >= 4 is 0 Å². The Hall–Kier alpha value is -1.47. The van der Waals surface area contributed by atoms with E-state index in [0.29, 0.717) is 18.1 Å². The Kier molecular flexibility index (Phi) is 6.74. The summed E-state index contributed by atoms with van der Waals surface area (Å²) in [5, 5.41) is 3.23. The molecular weight excluding hydrogens is 321 g/mol. The normalized spacial score (nSPS) is 17.5. The van der Waals surface area contributed by atoms with E-state index in [1.807, 2.05) is 19.1 Å². The maximum absolute atomic E-state index is 12.7. The zero-order valence-corrected chi connectivity index (χ0v) is 14.2. The van der Waals surface area contributed by atoms with Crippen LogP contribution in [-0.4, -0.2) is 51.0 Å². The molecule has 1 saturated heterocycles. The predicted octanol–water partition coefficient (Wildman–Crippen LogP) is 3.38. The molecular formula is C17H25F3N2O2. The van der Waals surface area contributed by atoms with E-state index in [4.69, 9.17) is 9.47 Å². The standard InChI is InChI=1S/C17H25F3N2O2/c1-3-24-16-12-13(4-5-15(16)23-2)14(6-7-17(18,19)20)22-10-8-21-9-11-22/h4-5,12,14,21H,3,6-11H2,1-2H3/t14-/m1/s1. The first-order valence-corrected chi connectivity index (χ1v) is 8.27. The minimum absolute atomic E-state index is 0.0430. The second kappa shape index (κ2) is 8.58. The van der Waals surface area contributed by atoms with Crippen LogP contribution in [0.15, 0.2) is 18.2 Å². The molecule has 0 radical (unpaired) electrons. The van der Waals surface area contributed by atoms with Crippen molar-refractivity contribution in [1.82, 2.24) is 10.2 Å². The summed E-state index contributed by atoms with van der Waals surface area (Å²) in [5.74, 6) is 1.17. The molecule has 0 saturated carbocycles. The zero-order chi connectivity index (χ0) is 17.6. The lowest BCUT2D eigenvalue weighted by molar-refractivity contribution is -0.138. The Balaban J connectivity index is 2.25. The van der Waals surface area contributed by atoms with Crippen molar-refractivity contribution in [1.29, 1.82) is 0 Å². The molecule has 24 heavy (non-hydrogen) atoms. The smallest absolute Gasteiger partial charge is 0.389 e. The molecule has 1 atom stereocenters. The van der Waals surface area contributed by atoms with Crippen LogP contribution in [0.1, 0.15) is 31.4 Å². The molecule has 136 valence electrons. The van der Waals surface area contributed by atoms with Crippen molar-refractivity contribution in [2.45, 2.75) is 32.0 Å². The number of methoxy groups -OCH3 is 1. The van der Waals surface area contributed by atoms with Crippen molar-refractivity contribution in [3.8, 4) is 11.5 Å². The van der Waals surface area contributed by atoms with Gasteiger partial charge >= 0.3 is 6.18 Å². The van der Waals surface area contributed by atoms with Gasteiger partial charge in [0.2, 0.25) is 0 Å². The van der Waals surface area contributed by atoms with Crippen LogP contribution in [0.3, 0.4) is 0 Å². The summed E-state index contributed by atoms with van der Waals surface area (Å²) in [5.41, 5.74) is 0.838. The van der Waals surface area contributed by atoms with Crippen molar-refractivity contribution < 1.29 is 22.6 Å². The quantitative estimate of drug-likeness (QED) is 0.821. The number of benzene rings is 1. The molecule has 0 bridgehead atoms. The predicted molar refractivity (Wildman–Crippen MR) is 86.6 cm³/mol. The lowest BCUT2D eigenvalue weighted by Crippen LogP contribution is -2.45. The SMILES string of the molecule is CCOc1cc([C@@H](CCC(F)(F)F)N2CCNCC2)ccc1OC. The third kappa shape index (κ3) is 5.27. The molecule has 0 aliphatic carbocycles. The Morgan fingerprint density at radius 1 is 1.21 bits per heavy atom. The number of halogens is 3. The van der Waals surface area contributed by atoms with E-state index in [0.717, 1.165) is 31.7 Å². The molecule has 2 rings (SSSR count). The molecule has 0 aromatic heterocycles. The molecule has 1 fully saturated rings.